The molecule has 0 aromatic carbocycles. The third-order valence-corrected chi connectivity index (χ3v) is 4.00. The lowest BCUT2D eigenvalue weighted by Crippen LogP contribution is -2.43. The number of hydrogen-bond donors (Lipinski definition) is 2. The van der Waals surface area contributed by atoms with Gasteiger partial charge in [0, 0.05) is 35.7 Å². The molecule has 0 aliphatic carbocycles. The van der Waals surface area contributed by atoms with Gasteiger partial charge in [0.15, 0.2) is 11.8 Å². The standard InChI is InChI=1S/C15H23N5OS.HI/c1-5-16-15(17-9-14-19-12(4)21-20-14)18-10(2)8-13-7-6-11(3)22-13;/h6-7,10H,5,8-9H2,1-4H3,(H2,16,17,18);1H. The highest BCUT2D eigenvalue weighted by Crippen LogP contribution is 2.16. The molecule has 0 spiro atoms. The molecule has 0 saturated carbocycles. The molecule has 128 valence electrons. The molecule has 2 aromatic rings. The molecule has 1 atom stereocenters. The van der Waals surface area contributed by atoms with Crippen molar-refractivity contribution < 1.29 is 4.52 Å². The first-order chi connectivity index (χ1) is 10.6. The van der Waals surface area contributed by atoms with Gasteiger partial charge in [-0.1, -0.05) is 5.16 Å². The predicted octanol–water partition coefficient (Wildman–Crippen LogP) is 3.05. The van der Waals surface area contributed by atoms with Gasteiger partial charge in [0.2, 0.25) is 5.89 Å². The maximum absolute atomic E-state index is 4.95. The number of aryl methyl sites for hydroxylation is 2. The van der Waals surface area contributed by atoms with E-state index in [0.29, 0.717) is 24.3 Å². The Balaban J connectivity index is 0.00000264. The van der Waals surface area contributed by atoms with Crippen molar-refractivity contribution in [2.24, 2.45) is 4.99 Å². The maximum atomic E-state index is 4.95. The summed E-state index contributed by atoms with van der Waals surface area (Å²) in [5.41, 5.74) is 0. The summed E-state index contributed by atoms with van der Waals surface area (Å²) in [4.78, 5) is 11.4. The Morgan fingerprint density at radius 2 is 2.17 bits per heavy atom. The van der Waals surface area contributed by atoms with Crippen LogP contribution in [-0.4, -0.2) is 28.7 Å². The molecule has 0 aliphatic rings. The number of nitrogens with zero attached hydrogens (tertiary/aromatic N) is 3. The number of rotatable bonds is 6. The minimum absolute atomic E-state index is 0. The minimum atomic E-state index is 0. The van der Waals surface area contributed by atoms with Gasteiger partial charge < -0.3 is 15.2 Å². The maximum Gasteiger partial charge on any atom is 0.223 e. The van der Waals surface area contributed by atoms with E-state index < -0.39 is 0 Å². The molecule has 0 saturated heterocycles. The summed E-state index contributed by atoms with van der Waals surface area (Å²) in [6.45, 7) is 9.31. The molecule has 2 heterocycles. The molecule has 6 nitrogen and oxygen atoms in total. The van der Waals surface area contributed by atoms with Crippen molar-refractivity contribution in [2.45, 2.75) is 46.7 Å². The second-order valence-corrected chi connectivity index (χ2v) is 6.56. The van der Waals surface area contributed by atoms with Crippen LogP contribution in [0.25, 0.3) is 0 Å². The Morgan fingerprint density at radius 1 is 1.39 bits per heavy atom. The third kappa shape index (κ3) is 6.86. The van der Waals surface area contributed by atoms with E-state index in [2.05, 4.69) is 51.7 Å². The highest BCUT2D eigenvalue weighted by atomic mass is 127. The quantitative estimate of drug-likeness (QED) is 0.403. The Morgan fingerprint density at radius 3 is 2.74 bits per heavy atom. The molecule has 8 heteroatoms. The van der Waals surface area contributed by atoms with E-state index in [0.717, 1.165) is 18.9 Å². The zero-order valence-electron chi connectivity index (χ0n) is 13.9. The van der Waals surface area contributed by atoms with Crippen molar-refractivity contribution in [3.05, 3.63) is 33.6 Å². The Hall–Kier alpha value is -1.16. The van der Waals surface area contributed by atoms with Crippen LogP contribution in [0, 0.1) is 13.8 Å². The zero-order valence-corrected chi connectivity index (χ0v) is 17.1. The summed E-state index contributed by atoms with van der Waals surface area (Å²) >= 11 is 1.84. The molecule has 2 N–H and O–H groups in total. The van der Waals surface area contributed by atoms with E-state index in [1.807, 2.05) is 18.3 Å². The largest absolute Gasteiger partial charge is 0.357 e. The molecule has 0 aliphatic heterocycles. The fourth-order valence-corrected chi connectivity index (χ4v) is 3.08. The molecule has 23 heavy (non-hydrogen) atoms. The first kappa shape index (κ1) is 19.9. The van der Waals surface area contributed by atoms with Crippen LogP contribution in [0.2, 0.25) is 0 Å². The lowest BCUT2D eigenvalue weighted by molar-refractivity contribution is 0.387. The molecular weight excluding hydrogens is 425 g/mol. The van der Waals surface area contributed by atoms with Gasteiger partial charge in [-0.25, -0.2) is 4.99 Å². The molecule has 1 unspecified atom stereocenters. The number of halogens is 1. The van der Waals surface area contributed by atoms with Gasteiger partial charge in [0.25, 0.3) is 0 Å². The Bertz CT molecular complexity index is 625. The monoisotopic (exact) mass is 449 g/mol. The van der Waals surface area contributed by atoms with Crippen LogP contribution in [0.3, 0.4) is 0 Å². The van der Waals surface area contributed by atoms with Gasteiger partial charge in [-0.3, -0.25) is 0 Å². The van der Waals surface area contributed by atoms with E-state index in [4.69, 9.17) is 4.52 Å². The second kappa shape index (κ2) is 9.86. The van der Waals surface area contributed by atoms with Crippen LogP contribution in [0.4, 0.5) is 0 Å². The highest BCUT2D eigenvalue weighted by molar-refractivity contribution is 14.0. The average Bonchev–Trinajstić information content (AvgIpc) is 3.05. The van der Waals surface area contributed by atoms with Crippen molar-refractivity contribution in [3.8, 4) is 0 Å². The minimum Gasteiger partial charge on any atom is -0.357 e. The molecule has 2 aromatic heterocycles. The number of aromatic nitrogens is 2. The van der Waals surface area contributed by atoms with Crippen LogP contribution in [0.5, 0.6) is 0 Å². The highest BCUT2D eigenvalue weighted by Gasteiger charge is 2.08. The molecule has 0 bridgehead atoms. The first-order valence-corrected chi connectivity index (χ1v) is 8.27. The van der Waals surface area contributed by atoms with E-state index in [9.17, 15) is 0 Å². The summed E-state index contributed by atoms with van der Waals surface area (Å²) in [7, 11) is 0. The van der Waals surface area contributed by atoms with Crippen LogP contribution in [-0.2, 0) is 13.0 Å². The third-order valence-electron chi connectivity index (χ3n) is 2.98. The number of guanidine groups is 1. The van der Waals surface area contributed by atoms with Gasteiger partial charge in [-0.05, 0) is 32.9 Å². The smallest absolute Gasteiger partial charge is 0.223 e. The number of thiophene rings is 1. The average molecular weight is 449 g/mol. The van der Waals surface area contributed by atoms with Crippen molar-refractivity contribution >= 4 is 41.3 Å². The van der Waals surface area contributed by atoms with Crippen molar-refractivity contribution in [3.63, 3.8) is 0 Å². The number of hydrogen-bond acceptors (Lipinski definition) is 5. The lowest BCUT2D eigenvalue weighted by Gasteiger charge is -2.17. The fraction of sp³-hybridized carbons (Fsp3) is 0.533. The summed E-state index contributed by atoms with van der Waals surface area (Å²) in [6, 6.07) is 4.64. The van der Waals surface area contributed by atoms with Crippen LogP contribution in [0.1, 0.15) is 35.3 Å². The Labute approximate surface area is 158 Å². The molecule has 0 fully saturated rings. The fourth-order valence-electron chi connectivity index (χ4n) is 2.06. The Kier molecular flexibility index (Phi) is 8.53. The lowest BCUT2D eigenvalue weighted by atomic mass is 10.2. The number of aliphatic imine (C=N–C) groups is 1. The van der Waals surface area contributed by atoms with E-state index in [1.165, 1.54) is 9.75 Å². The topological polar surface area (TPSA) is 75.3 Å². The summed E-state index contributed by atoms with van der Waals surface area (Å²) in [5, 5.41) is 10.5. The van der Waals surface area contributed by atoms with Crippen LogP contribution >= 0.6 is 35.3 Å². The summed E-state index contributed by atoms with van der Waals surface area (Å²) in [5.74, 6) is 1.92. The van der Waals surface area contributed by atoms with E-state index in [-0.39, 0.29) is 24.0 Å². The van der Waals surface area contributed by atoms with Crippen molar-refractivity contribution in [1.82, 2.24) is 20.8 Å². The predicted molar refractivity (Wildman–Crippen MR) is 105 cm³/mol. The molecule has 0 radical (unpaired) electrons. The first-order valence-electron chi connectivity index (χ1n) is 7.46. The molecule has 0 amide bonds. The summed E-state index contributed by atoms with van der Waals surface area (Å²) < 4.78 is 4.95. The van der Waals surface area contributed by atoms with Gasteiger partial charge >= 0.3 is 0 Å². The molecule has 2 rings (SSSR count). The van der Waals surface area contributed by atoms with Gasteiger partial charge in [-0.15, -0.1) is 35.3 Å². The van der Waals surface area contributed by atoms with Crippen molar-refractivity contribution in [2.75, 3.05) is 6.54 Å². The van der Waals surface area contributed by atoms with Gasteiger partial charge in [0.05, 0.1) is 0 Å². The number of nitrogens with one attached hydrogen (secondary N) is 2. The van der Waals surface area contributed by atoms with Crippen LogP contribution in [0.15, 0.2) is 21.6 Å². The normalized spacial score (nSPS) is 12.6. The van der Waals surface area contributed by atoms with Crippen LogP contribution < -0.4 is 10.6 Å². The van der Waals surface area contributed by atoms with Gasteiger partial charge in [0.1, 0.15) is 6.54 Å². The second-order valence-electron chi connectivity index (χ2n) is 5.19. The summed E-state index contributed by atoms with van der Waals surface area (Å²) in [6.07, 6.45) is 0.976. The van der Waals surface area contributed by atoms with Gasteiger partial charge in [-0.2, -0.15) is 4.98 Å². The SMILES string of the molecule is CCNC(=NCc1noc(C)n1)NC(C)Cc1ccc(C)s1.I. The zero-order chi connectivity index (χ0) is 15.9. The molecular formula is C15H24IN5OS. The van der Waals surface area contributed by atoms with Crippen molar-refractivity contribution in [1.29, 1.82) is 0 Å². The van der Waals surface area contributed by atoms with E-state index in [1.54, 1.807) is 6.92 Å². The van der Waals surface area contributed by atoms with E-state index >= 15 is 0 Å².